The van der Waals surface area contributed by atoms with Gasteiger partial charge in [0.2, 0.25) is 10.0 Å². The Morgan fingerprint density at radius 1 is 1.26 bits per heavy atom. The SMILES string of the molecule is Cl.NCC(NS(=O)(=O)c1cccc2cnccc12)C1CCCC1. The van der Waals surface area contributed by atoms with Gasteiger partial charge < -0.3 is 5.73 Å². The molecule has 3 rings (SSSR count). The van der Waals surface area contributed by atoms with Gasteiger partial charge in [-0.2, -0.15) is 0 Å². The van der Waals surface area contributed by atoms with Crippen LogP contribution in [0.25, 0.3) is 10.8 Å². The van der Waals surface area contributed by atoms with Crippen molar-refractivity contribution in [1.82, 2.24) is 9.71 Å². The van der Waals surface area contributed by atoms with Crippen LogP contribution in [0.2, 0.25) is 0 Å². The Morgan fingerprint density at radius 2 is 2.00 bits per heavy atom. The number of nitrogens with two attached hydrogens (primary N) is 1. The van der Waals surface area contributed by atoms with E-state index in [9.17, 15) is 8.42 Å². The third-order valence-corrected chi connectivity index (χ3v) is 6.01. The van der Waals surface area contributed by atoms with Crippen molar-refractivity contribution < 1.29 is 8.42 Å². The van der Waals surface area contributed by atoms with Crippen LogP contribution >= 0.6 is 12.4 Å². The number of rotatable bonds is 5. The van der Waals surface area contributed by atoms with E-state index in [0.29, 0.717) is 22.7 Å². The van der Waals surface area contributed by atoms with Crippen molar-refractivity contribution in [3.8, 4) is 0 Å². The van der Waals surface area contributed by atoms with Gasteiger partial charge in [0.05, 0.1) is 4.90 Å². The summed E-state index contributed by atoms with van der Waals surface area (Å²) in [6.45, 7) is 0.330. The summed E-state index contributed by atoms with van der Waals surface area (Å²) >= 11 is 0. The summed E-state index contributed by atoms with van der Waals surface area (Å²) < 4.78 is 28.4. The summed E-state index contributed by atoms with van der Waals surface area (Å²) in [6.07, 6.45) is 7.68. The lowest BCUT2D eigenvalue weighted by Crippen LogP contribution is -2.44. The maximum absolute atomic E-state index is 12.8. The number of sulfonamides is 1. The summed E-state index contributed by atoms with van der Waals surface area (Å²) in [5.74, 6) is 0.344. The third-order valence-electron chi connectivity index (χ3n) is 4.46. The summed E-state index contributed by atoms with van der Waals surface area (Å²) in [4.78, 5) is 4.34. The minimum Gasteiger partial charge on any atom is -0.329 e. The van der Waals surface area contributed by atoms with E-state index in [-0.39, 0.29) is 18.4 Å². The summed E-state index contributed by atoms with van der Waals surface area (Å²) in [6, 6.07) is 6.78. The highest BCUT2D eigenvalue weighted by atomic mass is 35.5. The molecule has 1 aliphatic carbocycles. The highest BCUT2D eigenvalue weighted by Gasteiger charge is 2.29. The third kappa shape index (κ3) is 3.83. The van der Waals surface area contributed by atoms with Crippen molar-refractivity contribution in [2.24, 2.45) is 11.7 Å². The van der Waals surface area contributed by atoms with Crippen molar-refractivity contribution in [2.75, 3.05) is 6.54 Å². The van der Waals surface area contributed by atoms with Gasteiger partial charge in [0.15, 0.2) is 0 Å². The molecule has 0 bridgehead atoms. The van der Waals surface area contributed by atoms with Gasteiger partial charge in [0, 0.05) is 35.8 Å². The van der Waals surface area contributed by atoms with Crippen molar-refractivity contribution in [2.45, 2.75) is 36.6 Å². The Bertz CT molecular complexity index is 756. The Hall–Kier alpha value is -1.21. The molecular formula is C16H22ClN3O2S. The molecule has 1 atom stereocenters. The van der Waals surface area contributed by atoms with E-state index in [2.05, 4.69) is 9.71 Å². The van der Waals surface area contributed by atoms with Crippen LogP contribution in [0, 0.1) is 5.92 Å². The lowest BCUT2D eigenvalue weighted by Gasteiger charge is -2.23. The average molecular weight is 356 g/mol. The molecule has 5 nitrogen and oxygen atoms in total. The molecule has 1 aromatic carbocycles. The van der Waals surface area contributed by atoms with Crippen LogP contribution in [-0.2, 0) is 10.0 Å². The van der Waals surface area contributed by atoms with Gasteiger partial charge >= 0.3 is 0 Å². The van der Waals surface area contributed by atoms with Gasteiger partial charge in [-0.05, 0) is 30.9 Å². The van der Waals surface area contributed by atoms with Crippen LogP contribution in [0.15, 0.2) is 41.6 Å². The Labute approximate surface area is 143 Å². The molecule has 126 valence electrons. The number of hydrogen-bond donors (Lipinski definition) is 2. The highest BCUT2D eigenvalue weighted by Crippen LogP contribution is 2.29. The molecule has 0 amide bonds. The molecule has 0 aliphatic heterocycles. The molecule has 2 aromatic rings. The molecule has 1 aliphatic rings. The minimum atomic E-state index is -3.59. The fraction of sp³-hybridized carbons (Fsp3) is 0.438. The van der Waals surface area contributed by atoms with Crippen molar-refractivity contribution in [1.29, 1.82) is 0 Å². The molecule has 1 unspecified atom stereocenters. The Morgan fingerprint density at radius 3 is 2.70 bits per heavy atom. The van der Waals surface area contributed by atoms with Gasteiger partial charge in [0.1, 0.15) is 0 Å². The van der Waals surface area contributed by atoms with E-state index in [1.54, 1.807) is 30.6 Å². The molecule has 1 saturated carbocycles. The molecule has 23 heavy (non-hydrogen) atoms. The smallest absolute Gasteiger partial charge is 0.241 e. The first-order valence-corrected chi connectivity index (χ1v) is 9.15. The van der Waals surface area contributed by atoms with Gasteiger partial charge in [0.25, 0.3) is 0 Å². The lowest BCUT2D eigenvalue weighted by atomic mass is 9.99. The number of nitrogens with zero attached hydrogens (tertiary/aromatic N) is 1. The van der Waals surface area contributed by atoms with Crippen molar-refractivity contribution >= 4 is 33.2 Å². The second-order valence-electron chi connectivity index (χ2n) is 5.86. The Balaban J connectivity index is 0.00000192. The number of fused-ring (bicyclic) bond motifs is 1. The van der Waals surface area contributed by atoms with E-state index in [1.807, 2.05) is 6.07 Å². The van der Waals surface area contributed by atoms with Crippen LogP contribution < -0.4 is 10.5 Å². The molecule has 1 fully saturated rings. The fourth-order valence-electron chi connectivity index (χ4n) is 3.29. The number of hydrogen-bond acceptors (Lipinski definition) is 4. The quantitative estimate of drug-likeness (QED) is 0.862. The maximum atomic E-state index is 12.8. The largest absolute Gasteiger partial charge is 0.329 e. The monoisotopic (exact) mass is 355 g/mol. The molecule has 0 radical (unpaired) electrons. The van der Waals surface area contributed by atoms with E-state index in [1.165, 1.54) is 0 Å². The molecule has 0 saturated heterocycles. The number of pyridine rings is 1. The standard InChI is InChI=1S/C16H21N3O2S.ClH/c17-10-15(12-4-1-2-5-12)19-22(20,21)16-7-3-6-13-11-18-9-8-14(13)16;/h3,6-9,11-12,15,19H,1-2,4-5,10,17H2;1H. The molecule has 1 heterocycles. The van der Waals surface area contributed by atoms with Gasteiger partial charge in [-0.1, -0.05) is 25.0 Å². The van der Waals surface area contributed by atoms with Gasteiger partial charge in [-0.15, -0.1) is 12.4 Å². The van der Waals surface area contributed by atoms with Crippen LogP contribution in [0.5, 0.6) is 0 Å². The van der Waals surface area contributed by atoms with Crippen molar-refractivity contribution in [3.05, 3.63) is 36.7 Å². The first kappa shape index (κ1) is 18.1. The molecule has 7 heteroatoms. The molecular weight excluding hydrogens is 334 g/mol. The zero-order valence-corrected chi connectivity index (χ0v) is 14.4. The van der Waals surface area contributed by atoms with Gasteiger partial charge in [-0.25, -0.2) is 13.1 Å². The van der Waals surface area contributed by atoms with Crippen LogP contribution in [0.4, 0.5) is 0 Å². The summed E-state index contributed by atoms with van der Waals surface area (Å²) in [5, 5.41) is 1.50. The predicted molar refractivity (Wildman–Crippen MR) is 94.1 cm³/mol. The number of halogens is 1. The van der Waals surface area contributed by atoms with Gasteiger partial charge in [-0.3, -0.25) is 4.98 Å². The Kier molecular flexibility index (Phi) is 5.97. The lowest BCUT2D eigenvalue weighted by molar-refractivity contribution is 0.406. The van der Waals surface area contributed by atoms with E-state index in [0.717, 1.165) is 31.1 Å². The summed E-state index contributed by atoms with van der Waals surface area (Å²) in [5.41, 5.74) is 5.81. The topological polar surface area (TPSA) is 85.1 Å². The second kappa shape index (κ2) is 7.57. The highest BCUT2D eigenvalue weighted by molar-refractivity contribution is 7.89. The predicted octanol–water partition coefficient (Wildman–Crippen LogP) is 2.45. The first-order chi connectivity index (χ1) is 10.6. The first-order valence-electron chi connectivity index (χ1n) is 7.67. The fourth-order valence-corrected chi connectivity index (χ4v) is 4.83. The average Bonchev–Trinajstić information content (AvgIpc) is 3.06. The zero-order valence-electron chi connectivity index (χ0n) is 12.8. The maximum Gasteiger partial charge on any atom is 0.241 e. The number of aromatic nitrogens is 1. The number of nitrogens with one attached hydrogen (secondary N) is 1. The van der Waals surface area contributed by atoms with Crippen LogP contribution in [-0.4, -0.2) is 26.0 Å². The zero-order chi connectivity index (χ0) is 15.6. The van der Waals surface area contributed by atoms with E-state index in [4.69, 9.17) is 5.73 Å². The molecule has 1 aromatic heterocycles. The number of benzene rings is 1. The second-order valence-corrected chi connectivity index (χ2v) is 7.54. The minimum absolute atomic E-state index is 0. The summed E-state index contributed by atoms with van der Waals surface area (Å²) in [7, 11) is -3.59. The van der Waals surface area contributed by atoms with Crippen LogP contribution in [0.1, 0.15) is 25.7 Å². The van der Waals surface area contributed by atoms with Crippen LogP contribution in [0.3, 0.4) is 0 Å². The normalized spacial score (nSPS) is 17.1. The molecule has 0 spiro atoms. The molecule has 3 N–H and O–H groups in total. The van der Waals surface area contributed by atoms with Crippen molar-refractivity contribution in [3.63, 3.8) is 0 Å². The van der Waals surface area contributed by atoms with E-state index >= 15 is 0 Å². The van der Waals surface area contributed by atoms with E-state index < -0.39 is 10.0 Å².